The van der Waals surface area contributed by atoms with Crippen LogP contribution in [-0.2, 0) is 9.53 Å². The summed E-state index contributed by atoms with van der Waals surface area (Å²) < 4.78 is 5.06. The third-order valence-electron chi connectivity index (χ3n) is 4.10. The number of rotatable bonds is 11. The zero-order chi connectivity index (χ0) is 15.5. The Labute approximate surface area is 129 Å². The van der Waals surface area contributed by atoms with Crippen molar-refractivity contribution in [2.45, 2.75) is 64.0 Å². The predicted octanol–water partition coefficient (Wildman–Crippen LogP) is 1.54. The van der Waals surface area contributed by atoms with Gasteiger partial charge in [0, 0.05) is 26.7 Å². The Bertz CT molecular complexity index is 287. The van der Waals surface area contributed by atoms with E-state index in [0.717, 1.165) is 13.0 Å². The first kappa shape index (κ1) is 18.4. The van der Waals surface area contributed by atoms with Crippen molar-refractivity contribution in [1.82, 2.24) is 10.2 Å². The van der Waals surface area contributed by atoms with Crippen LogP contribution in [0, 0.1) is 0 Å². The number of carbonyl (C=O) groups excluding carboxylic acids is 1. The summed E-state index contributed by atoms with van der Waals surface area (Å²) in [5, 5.41) is 12.8. The molecule has 0 saturated carbocycles. The third kappa shape index (κ3) is 7.25. The molecule has 0 aliphatic carbocycles. The fraction of sp³-hybridized carbons (Fsp3) is 0.938. The van der Waals surface area contributed by atoms with Crippen LogP contribution in [0.15, 0.2) is 0 Å². The first-order valence-electron chi connectivity index (χ1n) is 8.37. The van der Waals surface area contributed by atoms with Gasteiger partial charge in [-0.3, -0.25) is 9.69 Å². The first-order valence-corrected chi connectivity index (χ1v) is 8.37. The van der Waals surface area contributed by atoms with Gasteiger partial charge in [-0.1, -0.05) is 39.0 Å². The van der Waals surface area contributed by atoms with Crippen LogP contribution in [0.1, 0.15) is 51.9 Å². The van der Waals surface area contributed by atoms with Crippen LogP contribution >= 0.6 is 0 Å². The Morgan fingerprint density at radius 3 is 2.71 bits per heavy atom. The topological polar surface area (TPSA) is 61.8 Å². The van der Waals surface area contributed by atoms with Crippen molar-refractivity contribution in [3.05, 3.63) is 0 Å². The first-order chi connectivity index (χ1) is 10.2. The number of amides is 1. The van der Waals surface area contributed by atoms with Crippen molar-refractivity contribution >= 4 is 5.91 Å². The molecule has 1 aliphatic heterocycles. The molecule has 2 unspecified atom stereocenters. The van der Waals surface area contributed by atoms with Crippen molar-refractivity contribution in [2.75, 3.05) is 33.4 Å². The lowest BCUT2D eigenvalue weighted by molar-refractivity contribution is -0.125. The molecule has 21 heavy (non-hydrogen) atoms. The second-order valence-electron chi connectivity index (χ2n) is 5.95. The van der Waals surface area contributed by atoms with Gasteiger partial charge in [0.05, 0.1) is 18.8 Å². The summed E-state index contributed by atoms with van der Waals surface area (Å²) in [6.07, 6.45) is 7.48. The number of unbranched alkanes of at least 4 members (excludes halogenated alkanes) is 5. The SMILES string of the molecule is CCCCCCCCNC(=O)C1CC(O)CN1CCOC. The summed E-state index contributed by atoms with van der Waals surface area (Å²) in [5.74, 6) is 0.0520. The zero-order valence-electron chi connectivity index (χ0n) is 13.6. The zero-order valence-corrected chi connectivity index (χ0v) is 13.6. The van der Waals surface area contributed by atoms with E-state index in [2.05, 4.69) is 12.2 Å². The largest absolute Gasteiger partial charge is 0.392 e. The lowest BCUT2D eigenvalue weighted by Gasteiger charge is -2.22. The Morgan fingerprint density at radius 1 is 1.29 bits per heavy atom. The maximum Gasteiger partial charge on any atom is 0.237 e. The monoisotopic (exact) mass is 300 g/mol. The van der Waals surface area contributed by atoms with Gasteiger partial charge in [-0.05, 0) is 12.8 Å². The molecule has 5 heteroatoms. The molecule has 5 nitrogen and oxygen atoms in total. The highest BCUT2D eigenvalue weighted by Crippen LogP contribution is 2.17. The summed E-state index contributed by atoms with van der Waals surface area (Å²) in [5.41, 5.74) is 0. The van der Waals surface area contributed by atoms with Crippen molar-refractivity contribution < 1.29 is 14.6 Å². The fourth-order valence-corrected chi connectivity index (χ4v) is 2.84. The molecular formula is C16H32N2O3. The Morgan fingerprint density at radius 2 is 2.00 bits per heavy atom. The number of nitrogens with zero attached hydrogens (tertiary/aromatic N) is 1. The lowest BCUT2D eigenvalue weighted by atomic mass is 10.1. The molecule has 2 atom stereocenters. The van der Waals surface area contributed by atoms with Crippen LogP contribution in [0.3, 0.4) is 0 Å². The number of aliphatic hydroxyl groups is 1. The number of β-amino-alcohol motifs (C(OH)–C–C–N with tert-alkyl or cyclic N) is 1. The molecule has 1 aliphatic rings. The maximum absolute atomic E-state index is 12.2. The van der Waals surface area contributed by atoms with Gasteiger partial charge in [-0.25, -0.2) is 0 Å². The standard InChI is InChI=1S/C16H32N2O3/c1-3-4-5-6-7-8-9-17-16(20)15-12-14(19)13-18(15)10-11-21-2/h14-15,19H,3-13H2,1-2H3,(H,17,20). The Balaban J connectivity index is 2.17. The molecule has 1 amide bonds. The van der Waals surface area contributed by atoms with E-state index in [9.17, 15) is 9.90 Å². The van der Waals surface area contributed by atoms with Gasteiger partial charge in [-0.15, -0.1) is 0 Å². The number of likely N-dealkylation sites (tertiary alicyclic amines) is 1. The number of ether oxygens (including phenoxy) is 1. The molecule has 0 bridgehead atoms. The summed E-state index contributed by atoms with van der Waals surface area (Å²) in [6, 6.07) is -0.199. The van der Waals surface area contributed by atoms with Gasteiger partial charge < -0.3 is 15.2 Å². The summed E-state index contributed by atoms with van der Waals surface area (Å²) in [4.78, 5) is 14.2. The minimum absolute atomic E-state index is 0.0520. The van der Waals surface area contributed by atoms with Crippen LogP contribution in [0.2, 0.25) is 0 Å². The van der Waals surface area contributed by atoms with Gasteiger partial charge >= 0.3 is 0 Å². The molecule has 0 aromatic rings. The normalized spacial score (nSPS) is 22.6. The van der Waals surface area contributed by atoms with E-state index in [1.54, 1.807) is 7.11 Å². The summed E-state index contributed by atoms with van der Waals surface area (Å²) in [6.45, 7) is 4.82. The minimum atomic E-state index is -0.397. The van der Waals surface area contributed by atoms with Crippen molar-refractivity contribution in [3.8, 4) is 0 Å². The van der Waals surface area contributed by atoms with Crippen LogP contribution in [0.5, 0.6) is 0 Å². The molecule has 1 saturated heterocycles. The highest BCUT2D eigenvalue weighted by atomic mass is 16.5. The molecule has 0 aromatic heterocycles. The number of nitrogens with one attached hydrogen (secondary N) is 1. The van der Waals surface area contributed by atoms with E-state index in [0.29, 0.717) is 26.1 Å². The van der Waals surface area contributed by atoms with Crippen LogP contribution in [-0.4, -0.2) is 61.4 Å². The molecular weight excluding hydrogens is 268 g/mol. The van der Waals surface area contributed by atoms with Gasteiger partial charge in [0.15, 0.2) is 0 Å². The van der Waals surface area contributed by atoms with E-state index in [1.165, 1.54) is 32.1 Å². The van der Waals surface area contributed by atoms with Gasteiger partial charge in [0.25, 0.3) is 0 Å². The number of hydrogen-bond donors (Lipinski definition) is 2. The molecule has 1 fully saturated rings. The summed E-state index contributed by atoms with van der Waals surface area (Å²) >= 11 is 0. The molecule has 0 spiro atoms. The lowest BCUT2D eigenvalue weighted by Crippen LogP contribution is -2.44. The fourth-order valence-electron chi connectivity index (χ4n) is 2.84. The highest BCUT2D eigenvalue weighted by molar-refractivity contribution is 5.82. The number of carbonyl (C=O) groups is 1. The number of aliphatic hydroxyl groups excluding tert-OH is 1. The minimum Gasteiger partial charge on any atom is -0.392 e. The quantitative estimate of drug-likeness (QED) is 0.568. The van der Waals surface area contributed by atoms with E-state index in [4.69, 9.17) is 4.74 Å². The highest BCUT2D eigenvalue weighted by Gasteiger charge is 2.35. The molecule has 0 aromatic carbocycles. The Kier molecular flexibility index (Phi) is 9.63. The molecule has 0 radical (unpaired) electrons. The van der Waals surface area contributed by atoms with E-state index < -0.39 is 6.10 Å². The average molecular weight is 300 g/mol. The molecule has 124 valence electrons. The smallest absolute Gasteiger partial charge is 0.237 e. The predicted molar refractivity (Wildman–Crippen MR) is 84.2 cm³/mol. The van der Waals surface area contributed by atoms with Crippen LogP contribution in [0.4, 0.5) is 0 Å². The molecule has 1 heterocycles. The van der Waals surface area contributed by atoms with Gasteiger partial charge in [0.1, 0.15) is 0 Å². The molecule has 2 N–H and O–H groups in total. The second-order valence-corrected chi connectivity index (χ2v) is 5.95. The summed E-state index contributed by atoms with van der Waals surface area (Å²) in [7, 11) is 1.65. The average Bonchev–Trinajstić information content (AvgIpc) is 2.85. The Hall–Kier alpha value is -0.650. The van der Waals surface area contributed by atoms with Crippen molar-refractivity contribution in [3.63, 3.8) is 0 Å². The van der Waals surface area contributed by atoms with Gasteiger partial charge in [-0.2, -0.15) is 0 Å². The van der Waals surface area contributed by atoms with Gasteiger partial charge in [0.2, 0.25) is 5.91 Å². The second kappa shape index (κ2) is 11.0. The van der Waals surface area contributed by atoms with Crippen LogP contribution in [0.25, 0.3) is 0 Å². The van der Waals surface area contributed by atoms with Crippen LogP contribution < -0.4 is 5.32 Å². The van der Waals surface area contributed by atoms with E-state index in [-0.39, 0.29) is 11.9 Å². The van der Waals surface area contributed by atoms with Crippen molar-refractivity contribution in [1.29, 1.82) is 0 Å². The number of hydrogen-bond acceptors (Lipinski definition) is 4. The maximum atomic E-state index is 12.2. The number of methoxy groups -OCH3 is 1. The van der Waals surface area contributed by atoms with E-state index >= 15 is 0 Å². The van der Waals surface area contributed by atoms with E-state index in [1.807, 2.05) is 4.90 Å². The molecule has 1 rings (SSSR count). The third-order valence-corrected chi connectivity index (χ3v) is 4.10. The van der Waals surface area contributed by atoms with Crippen molar-refractivity contribution in [2.24, 2.45) is 0 Å².